The van der Waals surface area contributed by atoms with Crippen molar-refractivity contribution < 1.29 is 41.8 Å². The van der Waals surface area contributed by atoms with Gasteiger partial charge in [0.1, 0.15) is 21.3 Å². The smallest absolute Gasteiger partial charge is 0.262 e. The van der Waals surface area contributed by atoms with Crippen LogP contribution in [-0.2, 0) is 33.0 Å². The van der Waals surface area contributed by atoms with Crippen molar-refractivity contribution in [1.29, 1.82) is 0 Å². The second-order valence-corrected chi connectivity index (χ2v) is 20.3. The van der Waals surface area contributed by atoms with Gasteiger partial charge in [-0.05, 0) is 111 Å². The number of fused-ring (bicyclic) bond motifs is 2. The van der Waals surface area contributed by atoms with Crippen molar-refractivity contribution in [1.82, 2.24) is 29.8 Å². The number of carbonyl (C=O) groups excluding carboxylic acids is 4. The van der Waals surface area contributed by atoms with Crippen molar-refractivity contribution in [2.45, 2.75) is 51.1 Å². The molecule has 0 spiro atoms. The number of methoxy groups -OCH3 is 1. The molecule has 5 heterocycles. The number of piperazine rings is 1. The number of ether oxygens (including phenoxy) is 3. The summed E-state index contributed by atoms with van der Waals surface area (Å²) in [6, 6.07) is 23.3. The van der Waals surface area contributed by atoms with Crippen LogP contribution in [0.2, 0.25) is 0 Å². The summed E-state index contributed by atoms with van der Waals surface area (Å²) in [7, 11) is -0.256. The average Bonchev–Trinajstić information content (AvgIpc) is 3.77. The van der Waals surface area contributed by atoms with Gasteiger partial charge in [-0.15, -0.1) is 0 Å². The quantitative estimate of drug-likeness (QED) is 0.127. The monoisotopic (exact) mass is 931 g/mol. The molecule has 0 aliphatic carbocycles. The number of sulfone groups is 1. The molecule has 67 heavy (non-hydrogen) atoms. The topological polar surface area (TPSA) is 173 Å². The standard InChI is InChI=1S/C50H57N7O9S/c1-5-65-45-26-34(8-16-44(45)64-3)43(31-67(4,62)63)57-49(60)38-13-9-35(27-41(38)50(57)61)56-24-22-55(23-25-56)30-33-18-20-54(21-19-33)29-32-6-10-36(11-7-32)66-37-12-14-39-42(28-37)53(2)52-47(39)40-15-17-46(58)51-48(40)59/h6-14,16,26-28,33,40,43H,5,15,17-25,29-31H2,1-4H3,(H,51,58,59)/t40?,43-/m1/s1. The summed E-state index contributed by atoms with van der Waals surface area (Å²) >= 11 is 0. The molecule has 3 saturated heterocycles. The van der Waals surface area contributed by atoms with Gasteiger partial charge in [-0.2, -0.15) is 5.10 Å². The number of nitrogens with zero attached hydrogens (tertiary/aromatic N) is 6. The van der Waals surface area contributed by atoms with Gasteiger partial charge < -0.3 is 19.1 Å². The number of aryl methyl sites for hydroxylation is 1. The fourth-order valence-electron chi connectivity index (χ4n) is 9.98. The maximum atomic E-state index is 14.0. The SMILES string of the molecule is CCOc1cc([C@@H](CS(C)(=O)=O)N2C(=O)c3ccc(N4CCN(CC5CCN(Cc6ccc(Oc7ccc8c(C9CCC(=O)NC9=O)nn(C)c8c7)cc6)CC5)CC4)cc3C2=O)ccc1OC. The molecule has 0 radical (unpaired) electrons. The van der Waals surface area contributed by atoms with Crippen LogP contribution in [0.5, 0.6) is 23.0 Å². The molecule has 1 aromatic heterocycles. The van der Waals surface area contributed by atoms with Crippen LogP contribution in [-0.4, -0.2) is 128 Å². The molecule has 16 nitrogen and oxygen atoms in total. The predicted molar refractivity (Wildman–Crippen MR) is 253 cm³/mol. The number of hydrogen-bond acceptors (Lipinski definition) is 13. The van der Waals surface area contributed by atoms with Gasteiger partial charge in [0.25, 0.3) is 11.8 Å². The number of rotatable bonds is 15. The lowest BCUT2D eigenvalue weighted by Gasteiger charge is -2.39. The van der Waals surface area contributed by atoms with Gasteiger partial charge in [-0.25, -0.2) is 8.42 Å². The van der Waals surface area contributed by atoms with E-state index in [2.05, 4.69) is 37.2 Å². The fraction of sp³-hybridized carbons (Fsp3) is 0.420. The molecule has 3 fully saturated rings. The number of carbonyl (C=O) groups is 4. The second-order valence-electron chi connectivity index (χ2n) is 18.1. The minimum Gasteiger partial charge on any atom is -0.493 e. The number of anilines is 1. The number of amides is 4. The molecule has 352 valence electrons. The minimum absolute atomic E-state index is 0.245. The van der Waals surface area contributed by atoms with Crippen molar-refractivity contribution in [3.63, 3.8) is 0 Å². The van der Waals surface area contributed by atoms with Crippen molar-refractivity contribution in [3.05, 3.63) is 107 Å². The van der Waals surface area contributed by atoms with Crippen LogP contribution in [0.1, 0.15) is 82.1 Å². The average molecular weight is 932 g/mol. The zero-order chi connectivity index (χ0) is 47.0. The Bertz CT molecular complexity index is 2810. The van der Waals surface area contributed by atoms with Gasteiger partial charge in [0.2, 0.25) is 11.8 Å². The second kappa shape index (κ2) is 19.1. The molecule has 0 bridgehead atoms. The normalized spacial score (nSPS) is 19.2. The Morgan fingerprint density at radius 1 is 0.791 bits per heavy atom. The third-order valence-corrected chi connectivity index (χ3v) is 14.4. The van der Waals surface area contributed by atoms with E-state index < -0.39 is 39.4 Å². The molecule has 2 atom stereocenters. The molecular weight excluding hydrogens is 875 g/mol. The van der Waals surface area contributed by atoms with E-state index >= 15 is 0 Å². The number of likely N-dealkylation sites (tertiary alicyclic amines) is 1. The van der Waals surface area contributed by atoms with E-state index in [9.17, 15) is 27.6 Å². The van der Waals surface area contributed by atoms with Crippen LogP contribution in [0.3, 0.4) is 0 Å². The number of piperidine rings is 2. The van der Waals surface area contributed by atoms with E-state index in [1.54, 1.807) is 35.0 Å². The molecule has 1 unspecified atom stereocenters. The summed E-state index contributed by atoms with van der Waals surface area (Å²) in [4.78, 5) is 60.5. The van der Waals surface area contributed by atoms with Crippen LogP contribution >= 0.6 is 0 Å². The van der Waals surface area contributed by atoms with Crippen molar-refractivity contribution in [2.75, 3.05) is 76.4 Å². The molecule has 4 amide bonds. The summed E-state index contributed by atoms with van der Waals surface area (Å²) in [5.41, 5.74) is 4.63. The molecule has 4 aliphatic rings. The third-order valence-electron chi connectivity index (χ3n) is 13.5. The zero-order valence-electron chi connectivity index (χ0n) is 38.4. The zero-order valence-corrected chi connectivity index (χ0v) is 39.2. The molecule has 4 aliphatic heterocycles. The van der Waals surface area contributed by atoms with E-state index in [4.69, 9.17) is 14.2 Å². The lowest BCUT2D eigenvalue weighted by Crippen LogP contribution is -2.48. The summed E-state index contributed by atoms with van der Waals surface area (Å²) in [6.07, 6.45) is 4.11. The van der Waals surface area contributed by atoms with Crippen molar-refractivity contribution in [3.8, 4) is 23.0 Å². The van der Waals surface area contributed by atoms with E-state index in [1.807, 2.05) is 50.4 Å². The molecule has 1 N–H and O–H groups in total. The van der Waals surface area contributed by atoms with E-state index in [0.29, 0.717) is 53.9 Å². The number of aromatic nitrogens is 2. The Labute approximate surface area is 390 Å². The van der Waals surface area contributed by atoms with Crippen LogP contribution in [0.4, 0.5) is 5.69 Å². The van der Waals surface area contributed by atoms with E-state index in [1.165, 1.54) is 12.7 Å². The summed E-state index contributed by atoms with van der Waals surface area (Å²) in [5.74, 6) is 0.424. The summed E-state index contributed by atoms with van der Waals surface area (Å²) in [6.45, 7) is 9.51. The van der Waals surface area contributed by atoms with Gasteiger partial charge in [-0.3, -0.25) is 43.9 Å². The Balaban J connectivity index is 0.749. The van der Waals surface area contributed by atoms with Crippen LogP contribution in [0.15, 0.2) is 78.9 Å². The molecular formula is C50H57N7O9S. The Morgan fingerprint density at radius 3 is 2.22 bits per heavy atom. The molecule has 4 aromatic carbocycles. The van der Waals surface area contributed by atoms with Gasteiger partial charge in [0.15, 0.2) is 11.5 Å². The third kappa shape index (κ3) is 9.90. The Hall–Kier alpha value is -6.30. The molecule has 0 saturated carbocycles. The van der Waals surface area contributed by atoms with Crippen LogP contribution in [0, 0.1) is 5.92 Å². The Kier molecular flexibility index (Phi) is 13.1. The van der Waals surface area contributed by atoms with Gasteiger partial charge in [-0.1, -0.05) is 18.2 Å². The fourth-order valence-corrected chi connectivity index (χ4v) is 10.9. The van der Waals surface area contributed by atoms with Crippen molar-refractivity contribution in [2.24, 2.45) is 13.0 Å². The first-order valence-electron chi connectivity index (χ1n) is 23.0. The highest BCUT2D eigenvalue weighted by atomic mass is 32.2. The van der Waals surface area contributed by atoms with E-state index in [0.717, 1.165) is 98.7 Å². The highest BCUT2D eigenvalue weighted by Gasteiger charge is 2.42. The number of benzene rings is 4. The molecule has 5 aromatic rings. The Morgan fingerprint density at radius 2 is 1.52 bits per heavy atom. The first-order chi connectivity index (χ1) is 32.2. The van der Waals surface area contributed by atoms with Crippen molar-refractivity contribution >= 4 is 50.1 Å². The molecule has 9 rings (SSSR count). The summed E-state index contributed by atoms with van der Waals surface area (Å²) < 4.78 is 44.5. The van der Waals surface area contributed by atoms with Gasteiger partial charge in [0.05, 0.1) is 53.8 Å². The highest BCUT2D eigenvalue weighted by Crippen LogP contribution is 2.39. The summed E-state index contributed by atoms with van der Waals surface area (Å²) in [5, 5.41) is 7.94. The molecule has 17 heteroatoms. The number of hydrogen-bond donors (Lipinski definition) is 1. The number of nitrogens with one attached hydrogen (secondary N) is 1. The largest absolute Gasteiger partial charge is 0.493 e. The highest BCUT2D eigenvalue weighted by molar-refractivity contribution is 7.90. The van der Waals surface area contributed by atoms with Gasteiger partial charge in [0, 0.05) is 76.1 Å². The van der Waals surface area contributed by atoms with Gasteiger partial charge >= 0.3 is 0 Å². The van der Waals surface area contributed by atoms with Crippen LogP contribution < -0.4 is 24.4 Å². The first kappa shape index (κ1) is 45.8. The lowest BCUT2D eigenvalue weighted by atomic mass is 9.93. The predicted octanol–water partition coefficient (Wildman–Crippen LogP) is 5.71. The lowest BCUT2D eigenvalue weighted by molar-refractivity contribution is -0.134. The maximum absolute atomic E-state index is 14.0. The first-order valence-corrected chi connectivity index (χ1v) is 25.1. The van der Waals surface area contributed by atoms with Crippen LogP contribution in [0.25, 0.3) is 10.9 Å². The van der Waals surface area contributed by atoms with E-state index in [-0.39, 0.29) is 22.9 Å². The maximum Gasteiger partial charge on any atom is 0.262 e. The number of imide groups is 2. The minimum atomic E-state index is -3.61.